The van der Waals surface area contributed by atoms with Gasteiger partial charge in [-0.15, -0.1) is 0 Å². The van der Waals surface area contributed by atoms with Gasteiger partial charge in [-0.1, -0.05) is 6.07 Å². The molecular formula is C16H21N3O2. The molecule has 0 bridgehead atoms. The Morgan fingerprint density at radius 1 is 1.52 bits per heavy atom. The zero-order valence-electron chi connectivity index (χ0n) is 12.6. The molecule has 112 valence electrons. The van der Waals surface area contributed by atoms with Crippen LogP contribution >= 0.6 is 0 Å². The molecule has 1 unspecified atom stereocenters. The molecule has 1 aromatic heterocycles. The van der Waals surface area contributed by atoms with Crippen LogP contribution in [0.3, 0.4) is 0 Å². The average molecular weight is 287 g/mol. The van der Waals surface area contributed by atoms with Gasteiger partial charge in [0.15, 0.2) is 0 Å². The molecule has 1 aromatic carbocycles. The molecule has 0 radical (unpaired) electrons. The smallest absolute Gasteiger partial charge is 0.320 e. The van der Waals surface area contributed by atoms with Crippen molar-refractivity contribution in [3.63, 3.8) is 0 Å². The minimum absolute atomic E-state index is 0.156. The number of benzene rings is 1. The van der Waals surface area contributed by atoms with Crippen molar-refractivity contribution in [2.45, 2.75) is 32.7 Å². The molecular weight excluding hydrogens is 266 g/mol. The van der Waals surface area contributed by atoms with Crippen LogP contribution in [0.25, 0.3) is 11.0 Å². The van der Waals surface area contributed by atoms with Gasteiger partial charge in [-0.05, 0) is 50.9 Å². The lowest BCUT2D eigenvalue weighted by molar-refractivity contribution is -0.144. The molecule has 1 aliphatic rings. The molecule has 1 N–H and O–H groups in total. The zero-order chi connectivity index (χ0) is 14.8. The highest BCUT2D eigenvalue weighted by Gasteiger charge is 2.30. The minimum atomic E-state index is -0.156. The first-order valence-corrected chi connectivity index (χ1v) is 7.53. The van der Waals surface area contributed by atoms with Crippen LogP contribution in [0, 0.1) is 6.92 Å². The molecule has 3 rings (SSSR count). The van der Waals surface area contributed by atoms with E-state index in [-0.39, 0.29) is 12.0 Å². The van der Waals surface area contributed by atoms with E-state index in [0.29, 0.717) is 13.2 Å². The molecule has 2 aromatic rings. The van der Waals surface area contributed by atoms with Crippen molar-refractivity contribution < 1.29 is 9.53 Å². The van der Waals surface area contributed by atoms with E-state index in [0.717, 1.165) is 36.2 Å². The monoisotopic (exact) mass is 287 g/mol. The summed E-state index contributed by atoms with van der Waals surface area (Å²) in [5.41, 5.74) is 3.26. The highest BCUT2D eigenvalue weighted by molar-refractivity contribution is 5.76. The number of fused-ring (bicyclic) bond motifs is 1. The number of aromatic amines is 1. The predicted molar refractivity (Wildman–Crippen MR) is 81.0 cm³/mol. The van der Waals surface area contributed by atoms with Gasteiger partial charge in [-0.3, -0.25) is 9.69 Å². The summed E-state index contributed by atoms with van der Waals surface area (Å²) < 4.78 is 5.05. The van der Waals surface area contributed by atoms with E-state index in [1.165, 1.54) is 5.56 Å². The Morgan fingerprint density at radius 2 is 2.38 bits per heavy atom. The average Bonchev–Trinajstić information content (AvgIpc) is 3.04. The summed E-state index contributed by atoms with van der Waals surface area (Å²) in [4.78, 5) is 22.0. The topological polar surface area (TPSA) is 58.2 Å². The van der Waals surface area contributed by atoms with Crippen LogP contribution in [0.2, 0.25) is 0 Å². The Balaban J connectivity index is 1.81. The number of H-pyrrole nitrogens is 1. The molecule has 21 heavy (non-hydrogen) atoms. The van der Waals surface area contributed by atoms with Gasteiger partial charge in [0.2, 0.25) is 0 Å². The third kappa shape index (κ3) is 2.93. The van der Waals surface area contributed by atoms with E-state index < -0.39 is 0 Å². The third-order valence-electron chi connectivity index (χ3n) is 3.97. The Bertz CT molecular complexity index is 650. The van der Waals surface area contributed by atoms with Crippen molar-refractivity contribution in [2.24, 2.45) is 0 Å². The van der Waals surface area contributed by atoms with E-state index in [4.69, 9.17) is 9.72 Å². The highest BCUT2D eigenvalue weighted by Crippen LogP contribution is 2.31. The van der Waals surface area contributed by atoms with Gasteiger partial charge in [0, 0.05) is 0 Å². The lowest BCUT2D eigenvalue weighted by atomic mass is 10.2. The largest absolute Gasteiger partial charge is 0.465 e. The SMILES string of the molecule is CCOC(=O)CN1CCCC1c1nc2ccc(C)cc2[nH]1. The molecule has 5 heteroatoms. The van der Waals surface area contributed by atoms with Crippen LogP contribution in [0.15, 0.2) is 18.2 Å². The molecule has 0 spiro atoms. The van der Waals surface area contributed by atoms with Crippen molar-refractivity contribution in [3.8, 4) is 0 Å². The quantitative estimate of drug-likeness (QED) is 0.878. The highest BCUT2D eigenvalue weighted by atomic mass is 16.5. The maximum absolute atomic E-state index is 11.7. The van der Waals surface area contributed by atoms with Gasteiger partial charge in [0.05, 0.1) is 30.2 Å². The molecule has 1 aliphatic heterocycles. The van der Waals surface area contributed by atoms with Crippen molar-refractivity contribution in [3.05, 3.63) is 29.6 Å². The molecule has 2 heterocycles. The molecule has 1 saturated heterocycles. The minimum Gasteiger partial charge on any atom is -0.465 e. The van der Waals surface area contributed by atoms with Gasteiger partial charge >= 0.3 is 5.97 Å². The number of imidazole rings is 1. The summed E-state index contributed by atoms with van der Waals surface area (Å²) in [6.45, 7) is 5.60. The van der Waals surface area contributed by atoms with Crippen molar-refractivity contribution in [1.82, 2.24) is 14.9 Å². The summed E-state index contributed by atoms with van der Waals surface area (Å²) >= 11 is 0. The second-order valence-corrected chi connectivity index (χ2v) is 5.58. The molecule has 0 saturated carbocycles. The number of hydrogen-bond donors (Lipinski definition) is 1. The molecule has 1 atom stereocenters. The fourth-order valence-electron chi connectivity index (χ4n) is 3.00. The number of hydrogen-bond acceptors (Lipinski definition) is 4. The molecule has 0 aliphatic carbocycles. The number of ether oxygens (including phenoxy) is 1. The molecule has 1 fully saturated rings. The number of aryl methyl sites for hydroxylation is 1. The van der Waals surface area contributed by atoms with Gasteiger partial charge in [-0.25, -0.2) is 4.98 Å². The van der Waals surface area contributed by atoms with Gasteiger partial charge in [0.25, 0.3) is 0 Å². The Kier molecular flexibility index (Phi) is 3.92. The fraction of sp³-hybridized carbons (Fsp3) is 0.500. The first-order valence-electron chi connectivity index (χ1n) is 7.53. The number of aromatic nitrogens is 2. The number of nitrogens with one attached hydrogen (secondary N) is 1. The number of likely N-dealkylation sites (tertiary alicyclic amines) is 1. The van der Waals surface area contributed by atoms with Crippen LogP contribution in [0.5, 0.6) is 0 Å². The third-order valence-corrected chi connectivity index (χ3v) is 3.97. The van der Waals surface area contributed by atoms with Crippen LogP contribution < -0.4 is 0 Å². The van der Waals surface area contributed by atoms with Gasteiger partial charge in [0.1, 0.15) is 5.82 Å². The van der Waals surface area contributed by atoms with Crippen LogP contribution in [0.4, 0.5) is 0 Å². The Labute approximate surface area is 124 Å². The summed E-state index contributed by atoms with van der Waals surface area (Å²) in [6, 6.07) is 6.39. The second kappa shape index (κ2) is 5.85. The lowest BCUT2D eigenvalue weighted by Gasteiger charge is -2.21. The fourth-order valence-corrected chi connectivity index (χ4v) is 3.00. The maximum Gasteiger partial charge on any atom is 0.320 e. The summed E-state index contributed by atoms with van der Waals surface area (Å²) in [5, 5.41) is 0. The van der Waals surface area contributed by atoms with Gasteiger partial charge in [-0.2, -0.15) is 0 Å². The Hall–Kier alpha value is -1.88. The molecule has 0 amide bonds. The molecule has 5 nitrogen and oxygen atoms in total. The normalized spacial score (nSPS) is 19.2. The van der Waals surface area contributed by atoms with Crippen LogP contribution in [0.1, 0.15) is 37.2 Å². The summed E-state index contributed by atoms with van der Waals surface area (Å²) in [6.07, 6.45) is 2.11. The number of carbonyl (C=O) groups is 1. The van der Waals surface area contributed by atoms with Gasteiger partial charge < -0.3 is 9.72 Å². The predicted octanol–water partition coefficient (Wildman–Crippen LogP) is 2.57. The Morgan fingerprint density at radius 3 is 3.19 bits per heavy atom. The van der Waals surface area contributed by atoms with Crippen molar-refractivity contribution >= 4 is 17.0 Å². The maximum atomic E-state index is 11.7. The van der Waals surface area contributed by atoms with Crippen LogP contribution in [-0.2, 0) is 9.53 Å². The summed E-state index contributed by atoms with van der Waals surface area (Å²) in [5.74, 6) is 0.800. The van der Waals surface area contributed by atoms with Crippen molar-refractivity contribution in [1.29, 1.82) is 0 Å². The lowest BCUT2D eigenvalue weighted by Crippen LogP contribution is -2.31. The first-order chi connectivity index (χ1) is 10.2. The van der Waals surface area contributed by atoms with Crippen LogP contribution in [-0.4, -0.2) is 40.5 Å². The summed E-state index contributed by atoms with van der Waals surface area (Å²) in [7, 11) is 0. The van der Waals surface area contributed by atoms with E-state index in [9.17, 15) is 4.79 Å². The standard InChI is InChI=1S/C16H21N3O2/c1-3-21-15(20)10-19-8-4-5-14(19)16-17-12-7-6-11(2)9-13(12)18-16/h6-7,9,14H,3-5,8,10H2,1-2H3,(H,17,18). The first kappa shape index (κ1) is 14.1. The number of nitrogens with zero attached hydrogens (tertiary/aromatic N) is 2. The van der Waals surface area contributed by atoms with E-state index in [1.54, 1.807) is 0 Å². The van der Waals surface area contributed by atoms with E-state index in [1.807, 2.05) is 13.0 Å². The number of rotatable bonds is 4. The zero-order valence-corrected chi connectivity index (χ0v) is 12.6. The number of carbonyl (C=O) groups excluding carboxylic acids is 1. The van der Waals surface area contributed by atoms with E-state index in [2.05, 4.69) is 28.9 Å². The number of esters is 1. The second-order valence-electron chi connectivity index (χ2n) is 5.58. The van der Waals surface area contributed by atoms with E-state index >= 15 is 0 Å². The van der Waals surface area contributed by atoms with Crippen molar-refractivity contribution in [2.75, 3.05) is 19.7 Å².